The molecule has 15 heavy (non-hydrogen) atoms. The summed E-state index contributed by atoms with van der Waals surface area (Å²) in [6, 6.07) is 1.82. The zero-order valence-electron chi connectivity index (χ0n) is 8.42. The summed E-state index contributed by atoms with van der Waals surface area (Å²) >= 11 is 0. The maximum Gasteiger partial charge on any atom is 0.302 e. The highest BCUT2D eigenvalue weighted by Crippen LogP contribution is 2.38. The average molecular weight is 208 g/mol. The summed E-state index contributed by atoms with van der Waals surface area (Å²) in [6.07, 6.45) is 3.59. The Balaban J connectivity index is 2.03. The summed E-state index contributed by atoms with van der Waals surface area (Å²) < 4.78 is 13.2. The third-order valence-electron chi connectivity index (χ3n) is 2.95. The lowest BCUT2D eigenvalue weighted by Crippen LogP contribution is -2.30. The van der Waals surface area contributed by atoms with E-state index in [1.165, 1.54) is 6.07 Å². The van der Waals surface area contributed by atoms with Crippen LogP contribution >= 0.6 is 0 Å². The van der Waals surface area contributed by atoms with Crippen LogP contribution in [-0.4, -0.2) is 21.8 Å². The molecule has 80 valence electrons. The van der Waals surface area contributed by atoms with Crippen LogP contribution in [0.1, 0.15) is 26.0 Å². The fourth-order valence-corrected chi connectivity index (χ4v) is 2.20. The van der Waals surface area contributed by atoms with E-state index in [0.717, 1.165) is 12.8 Å². The number of aromatic nitrogens is 2. The minimum absolute atomic E-state index is 0.0169. The van der Waals surface area contributed by atoms with Crippen LogP contribution in [0.3, 0.4) is 0 Å². The zero-order chi connectivity index (χ0) is 10.4. The van der Waals surface area contributed by atoms with Gasteiger partial charge in [0.15, 0.2) is 0 Å². The highest BCUT2D eigenvalue weighted by Gasteiger charge is 2.41. The quantitative estimate of drug-likeness (QED) is 0.681. The number of fused-ring (bicyclic) bond motifs is 4. The van der Waals surface area contributed by atoms with Crippen LogP contribution in [0.5, 0.6) is 6.01 Å². The topological polar surface area (TPSA) is 53.4 Å². The molecule has 2 aliphatic rings. The summed E-state index contributed by atoms with van der Waals surface area (Å²) in [6.45, 7) is 2.07. The molecule has 2 aliphatic heterocycles. The van der Waals surface area contributed by atoms with Gasteiger partial charge in [0.2, 0.25) is 0 Å². The van der Waals surface area contributed by atoms with Crippen molar-refractivity contribution in [1.29, 1.82) is 0 Å². The summed E-state index contributed by atoms with van der Waals surface area (Å²) in [7, 11) is 0. The van der Waals surface area contributed by atoms with Gasteiger partial charge in [0.1, 0.15) is 12.3 Å². The van der Waals surface area contributed by atoms with Crippen molar-refractivity contribution in [3.8, 4) is 6.01 Å². The van der Waals surface area contributed by atoms with E-state index in [2.05, 4.69) is 11.9 Å². The highest BCUT2D eigenvalue weighted by atomic mass is 16.6. The van der Waals surface area contributed by atoms with E-state index >= 15 is 0 Å². The molecule has 0 amide bonds. The monoisotopic (exact) mass is 208 g/mol. The van der Waals surface area contributed by atoms with E-state index in [4.69, 9.17) is 9.47 Å². The van der Waals surface area contributed by atoms with Gasteiger partial charge in [-0.25, -0.2) is 0 Å². The van der Waals surface area contributed by atoms with E-state index < -0.39 is 0 Å². The Bertz CT molecular complexity index is 443. The molecule has 1 aromatic heterocycles. The Kier molecular flexibility index (Phi) is 1.82. The molecule has 0 aromatic carbocycles. The second kappa shape index (κ2) is 3.06. The molecule has 0 radical (unpaired) electrons. The van der Waals surface area contributed by atoms with Crippen LogP contribution in [0.4, 0.5) is 0 Å². The minimum atomic E-state index is -0.268. The first-order valence-corrected chi connectivity index (χ1v) is 5.19. The first-order valence-electron chi connectivity index (χ1n) is 5.19. The van der Waals surface area contributed by atoms with Crippen LogP contribution in [-0.2, 0) is 4.74 Å². The Morgan fingerprint density at radius 1 is 1.67 bits per heavy atom. The Morgan fingerprint density at radius 2 is 2.53 bits per heavy atom. The van der Waals surface area contributed by atoms with Gasteiger partial charge < -0.3 is 9.47 Å². The van der Waals surface area contributed by atoms with Crippen molar-refractivity contribution in [3.63, 3.8) is 0 Å². The van der Waals surface area contributed by atoms with Crippen molar-refractivity contribution < 1.29 is 9.47 Å². The average Bonchev–Trinajstić information content (AvgIpc) is 2.56. The molecule has 3 rings (SSSR count). The predicted octanol–water partition coefficient (Wildman–Crippen LogP) is 0.702. The summed E-state index contributed by atoms with van der Waals surface area (Å²) in [5.74, 6) is 0. The third-order valence-corrected chi connectivity index (χ3v) is 2.95. The van der Waals surface area contributed by atoms with Gasteiger partial charge in [0, 0.05) is 18.7 Å². The van der Waals surface area contributed by atoms with Crippen molar-refractivity contribution in [3.05, 3.63) is 22.6 Å². The SMILES string of the molecule is CC[C@H]1O[C@@H]2CC1Oc1nc(=O)ccn12. The number of hydrogen-bond acceptors (Lipinski definition) is 4. The van der Waals surface area contributed by atoms with Gasteiger partial charge in [-0.1, -0.05) is 6.92 Å². The molecule has 1 saturated heterocycles. The van der Waals surface area contributed by atoms with Crippen LogP contribution < -0.4 is 10.3 Å². The van der Waals surface area contributed by atoms with E-state index in [0.29, 0.717) is 6.01 Å². The van der Waals surface area contributed by atoms with Gasteiger partial charge >= 0.3 is 6.01 Å². The van der Waals surface area contributed by atoms with E-state index in [1.807, 2.05) is 0 Å². The van der Waals surface area contributed by atoms with Crippen LogP contribution in [0.2, 0.25) is 0 Å². The molecule has 0 saturated carbocycles. The molecule has 3 atom stereocenters. The minimum Gasteiger partial charge on any atom is -0.458 e. The molecule has 2 bridgehead atoms. The standard InChI is InChI=1S/C10H12N2O3/c1-2-6-7-5-9(14-6)12-4-3-8(13)11-10(12)15-7/h3-4,6-7,9H,2,5H2,1H3/t6-,7?,9-/m1/s1. The van der Waals surface area contributed by atoms with E-state index in [1.54, 1.807) is 10.8 Å². The van der Waals surface area contributed by atoms with Gasteiger partial charge in [-0.2, -0.15) is 4.98 Å². The summed E-state index contributed by atoms with van der Waals surface area (Å²) in [4.78, 5) is 14.9. The number of hydrogen-bond donors (Lipinski definition) is 0. The molecule has 1 aromatic rings. The molecule has 5 heteroatoms. The molecule has 0 spiro atoms. The lowest BCUT2D eigenvalue weighted by Gasteiger charge is -2.23. The Labute approximate surface area is 86.6 Å². The molecule has 5 nitrogen and oxygen atoms in total. The maximum atomic E-state index is 11.1. The van der Waals surface area contributed by atoms with E-state index in [-0.39, 0.29) is 24.0 Å². The summed E-state index contributed by atoms with van der Waals surface area (Å²) in [5.41, 5.74) is -0.268. The number of rotatable bonds is 1. The molecule has 1 fully saturated rings. The zero-order valence-corrected chi connectivity index (χ0v) is 8.42. The maximum absolute atomic E-state index is 11.1. The van der Waals surface area contributed by atoms with Crippen LogP contribution in [0.25, 0.3) is 0 Å². The first-order chi connectivity index (χ1) is 7.28. The van der Waals surface area contributed by atoms with Crippen molar-refractivity contribution in [2.45, 2.75) is 38.2 Å². The molecular weight excluding hydrogens is 196 g/mol. The van der Waals surface area contributed by atoms with Gasteiger partial charge in [-0.15, -0.1) is 0 Å². The lowest BCUT2D eigenvalue weighted by molar-refractivity contribution is 0.00113. The molecule has 0 N–H and O–H groups in total. The largest absolute Gasteiger partial charge is 0.458 e. The van der Waals surface area contributed by atoms with Crippen molar-refractivity contribution in [2.75, 3.05) is 0 Å². The number of nitrogens with zero attached hydrogens (tertiary/aromatic N) is 2. The van der Waals surface area contributed by atoms with Gasteiger partial charge in [0.25, 0.3) is 5.56 Å². The van der Waals surface area contributed by atoms with Crippen molar-refractivity contribution in [1.82, 2.24) is 9.55 Å². The fraction of sp³-hybridized carbons (Fsp3) is 0.600. The molecular formula is C10H12N2O3. The molecule has 3 heterocycles. The van der Waals surface area contributed by atoms with Crippen LogP contribution in [0.15, 0.2) is 17.1 Å². The summed E-state index contributed by atoms with van der Waals surface area (Å²) in [5, 5.41) is 0. The van der Waals surface area contributed by atoms with Crippen molar-refractivity contribution >= 4 is 0 Å². The second-order valence-corrected chi connectivity index (χ2v) is 3.89. The van der Waals surface area contributed by atoms with Crippen LogP contribution in [0, 0.1) is 0 Å². The third kappa shape index (κ3) is 1.26. The smallest absolute Gasteiger partial charge is 0.302 e. The van der Waals surface area contributed by atoms with Gasteiger partial charge in [-0.3, -0.25) is 9.36 Å². The normalized spacial score (nSPS) is 32.2. The number of ether oxygens (including phenoxy) is 2. The predicted molar refractivity (Wildman–Crippen MR) is 51.7 cm³/mol. The van der Waals surface area contributed by atoms with Crippen molar-refractivity contribution in [2.24, 2.45) is 0 Å². The molecule has 0 aliphatic carbocycles. The van der Waals surface area contributed by atoms with E-state index in [9.17, 15) is 4.79 Å². The highest BCUT2D eigenvalue weighted by molar-refractivity contribution is 5.06. The Morgan fingerprint density at radius 3 is 3.33 bits per heavy atom. The first kappa shape index (κ1) is 8.91. The Hall–Kier alpha value is -1.36. The van der Waals surface area contributed by atoms with Gasteiger partial charge in [-0.05, 0) is 6.42 Å². The molecule has 1 unspecified atom stereocenters. The fourth-order valence-electron chi connectivity index (χ4n) is 2.20. The van der Waals surface area contributed by atoms with Gasteiger partial charge in [0.05, 0.1) is 6.10 Å². The lowest BCUT2D eigenvalue weighted by atomic mass is 10.1. The second-order valence-electron chi connectivity index (χ2n) is 3.89.